The Morgan fingerprint density at radius 3 is 2.74 bits per heavy atom. The third-order valence-electron chi connectivity index (χ3n) is 5.83. The van der Waals surface area contributed by atoms with Gasteiger partial charge in [0.25, 0.3) is 5.91 Å². The number of nitrogens with one attached hydrogen (secondary N) is 2. The summed E-state index contributed by atoms with van der Waals surface area (Å²) in [7, 11) is 1.56. The van der Waals surface area contributed by atoms with Crippen molar-refractivity contribution in [2.45, 2.75) is 25.8 Å². The van der Waals surface area contributed by atoms with Gasteiger partial charge >= 0.3 is 0 Å². The van der Waals surface area contributed by atoms with E-state index in [0.29, 0.717) is 36.0 Å². The summed E-state index contributed by atoms with van der Waals surface area (Å²) in [5.41, 5.74) is 9.16. The quantitative estimate of drug-likeness (QED) is 0.495. The van der Waals surface area contributed by atoms with Crippen LogP contribution in [0.5, 0.6) is 5.88 Å². The summed E-state index contributed by atoms with van der Waals surface area (Å²) in [6, 6.07) is 12.7. The number of methoxy groups -OCH3 is 1. The lowest BCUT2D eigenvalue weighted by Gasteiger charge is -2.20. The second-order valence-electron chi connectivity index (χ2n) is 8.71. The largest absolute Gasteiger partial charge is 0.481 e. The molecule has 9 nitrogen and oxygen atoms in total. The molecule has 3 heterocycles. The van der Waals surface area contributed by atoms with E-state index >= 15 is 0 Å². The molecule has 1 aliphatic rings. The average molecular weight is 461 g/mol. The summed E-state index contributed by atoms with van der Waals surface area (Å²) >= 11 is 0. The van der Waals surface area contributed by atoms with Crippen LogP contribution in [0.15, 0.2) is 54.9 Å². The van der Waals surface area contributed by atoms with Crippen LogP contribution >= 0.6 is 0 Å². The smallest absolute Gasteiger partial charge is 0.259 e. The molecule has 0 saturated heterocycles. The van der Waals surface area contributed by atoms with Gasteiger partial charge in [-0.3, -0.25) is 9.59 Å². The highest BCUT2D eigenvalue weighted by Crippen LogP contribution is 2.41. The molecule has 9 heteroatoms. The van der Waals surface area contributed by atoms with E-state index in [1.54, 1.807) is 36.5 Å². The Hall–Kier alpha value is -3.98. The molecule has 3 aromatic rings. The molecule has 0 radical (unpaired) electrons. The molecule has 4 rings (SSSR count). The van der Waals surface area contributed by atoms with Gasteiger partial charge in [0.2, 0.25) is 11.8 Å². The summed E-state index contributed by atoms with van der Waals surface area (Å²) < 4.78 is 5.16. The van der Waals surface area contributed by atoms with Gasteiger partial charge in [-0.1, -0.05) is 19.9 Å². The Morgan fingerprint density at radius 2 is 1.97 bits per heavy atom. The normalized spacial score (nSPS) is 13.8. The minimum absolute atomic E-state index is 0.0693. The van der Waals surface area contributed by atoms with Crippen LogP contribution in [0.4, 0.5) is 17.2 Å². The molecule has 0 fully saturated rings. The number of amides is 2. The van der Waals surface area contributed by atoms with E-state index < -0.39 is 0 Å². The molecule has 2 aromatic heterocycles. The number of pyridine rings is 2. The highest BCUT2D eigenvalue weighted by atomic mass is 16.5. The van der Waals surface area contributed by atoms with Crippen LogP contribution < -0.4 is 26.0 Å². The third kappa shape index (κ3) is 4.69. The minimum atomic E-state index is -0.309. The number of nitrogens with two attached hydrogens (primary N) is 1. The monoisotopic (exact) mass is 460 g/mol. The Balaban J connectivity index is 1.53. The number of carbonyl (C=O) groups is 2. The maximum absolute atomic E-state index is 13.1. The van der Waals surface area contributed by atoms with Crippen molar-refractivity contribution in [3.63, 3.8) is 0 Å². The van der Waals surface area contributed by atoms with Crippen molar-refractivity contribution in [2.24, 2.45) is 5.73 Å². The van der Waals surface area contributed by atoms with Crippen LogP contribution in [0.3, 0.4) is 0 Å². The van der Waals surface area contributed by atoms with E-state index in [-0.39, 0.29) is 23.8 Å². The summed E-state index contributed by atoms with van der Waals surface area (Å²) in [4.78, 5) is 35.6. The Bertz CT molecular complexity index is 1230. The lowest BCUT2D eigenvalue weighted by atomic mass is 9.87. The molecule has 4 N–H and O–H groups in total. The fourth-order valence-electron chi connectivity index (χ4n) is 4.09. The van der Waals surface area contributed by atoms with Crippen LogP contribution in [-0.2, 0) is 16.8 Å². The highest BCUT2D eigenvalue weighted by Gasteiger charge is 2.37. The van der Waals surface area contributed by atoms with Crippen molar-refractivity contribution >= 4 is 29.0 Å². The van der Waals surface area contributed by atoms with Gasteiger partial charge in [0, 0.05) is 48.3 Å². The second-order valence-corrected chi connectivity index (χ2v) is 8.71. The van der Waals surface area contributed by atoms with Gasteiger partial charge in [0.15, 0.2) is 0 Å². The van der Waals surface area contributed by atoms with Crippen molar-refractivity contribution in [3.05, 3.63) is 71.5 Å². The molecule has 1 aliphatic heterocycles. The van der Waals surface area contributed by atoms with E-state index in [4.69, 9.17) is 10.5 Å². The van der Waals surface area contributed by atoms with Gasteiger partial charge in [-0.25, -0.2) is 9.97 Å². The van der Waals surface area contributed by atoms with Gasteiger partial charge in [0.05, 0.1) is 19.2 Å². The first-order chi connectivity index (χ1) is 16.3. The molecule has 2 amide bonds. The van der Waals surface area contributed by atoms with Gasteiger partial charge < -0.3 is 26.0 Å². The molecule has 1 aromatic carbocycles. The first-order valence-corrected chi connectivity index (χ1v) is 11.0. The number of nitrogens with zero attached hydrogens (tertiary/aromatic N) is 3. The number of rotatable bonds is 7. The molecular weight excluding hydrogens is 432 g/mol. The lowest BCUT2D eigenvalue weighted by Crippen LogP contribution is -2.37. The highest BCUT2D eigenvalue weighted by molar-refractivity contribution is 6.08. The molecule has 0 unspecified atom stereocenters. The van der Waals surface area contributed by atoms with E-state index in [2.05, 4.69) is 34.4 Å². The average Bonchev–Trinajstić information content (AvgIpc) is 3.12. The van der Waals surface area contributed by atoms with Crippen molar-refractivity contribution < 1.29 is 14.3 Å². The molecule has 176 valence electrons. The first-order valence-electron chi connectivity index (χ1n) is 11.0. The summed E-state index contributed by atoms with van der Waals surface area (Å²) in [6.45, 7) is 5.09. The van der Waals surface area contributed by atoms with Crippen LogP contribution in [0.1, 0.15) is 35.3 Å². The topological polar surface area (TPSA) is 122 Å². The van der Waals surface area contributed by atoms with Crippen LogP contribution in [-0.4, -0.2) is 42.0 Å². The van der Waals surface area contributed by atoms with E-state index in [9.17, 15) is 9.59 Å². The Labute approximate surface area is 198 Å². The molecule has 0 atom stereocenters. The molecule has 0 bridgehead atoms. The van der Waals surface area contributed by atoms with E-state index in [1.807, 2.05) is 30.3 Å². The zero-order valence-electron chi connectivity index (χ0n) is 19.5. The number of aromatic nitrogens is 2. The predicted octanol–water partition coefficient (Wildman–Crippen LogP) is 2.93. The maximum atomic E-state index is 13.1. The summed E-state index contributed by atoms with van der Waals surface area (Å²) in [5.74, 6) is 0.511. The fraction of sp³-hybridized carbons (Fsp3) is 0.280. The second kappa shape index (κ2) is 9.48. The van der Waals surface area contributed by atoms with Crippen molar-refractivity contribution in [2.75, 3.05) is 35.7 Å². The Morgan fingerprint density at radius 1 is 1.15 bits per heavy atom. The van der Waals surface area contributed by atoms with Gasteiger partial charge in [-0.2, -0.15) is 0 Å². The van der Waals surface area contributed by atoms with Crippen LogP contribution in [0.2, 0.25) is 0 Å². The number of anilines is 3. The van der Waals surface area contributed by atoms with Gasteiger partial charge in [0.1, 0.15) is 5.82 Å². The standard InChI is InChI=1S/C25H28N6O3/c1-25(2)15-31(22(32)13-26)20-12-17(6-7-19(20)25)30-24(33)18-5-4-9-28-23(18)29-14-16-8-10-27-21(11-16)34-3/h4-12H,13-15,26H2,1-3H3,(H,28,29)(H,30,33). The maximum Gasteiger partial charge on any atom is 0.259 e. The van der Waals surface area contributed by atoms with Crippen LogP contribution in [0.25, 0.3) is 0 Å². The number of hydrogen-bond acceptors (Lipinski definition) is 7. The molecule has 34 heavy (non-hydrogen) atoms. The SMILES string of the molecule is COc1cc(CNc2ncccc2C(=O)Nc2ccc3c(c2)N(C(=O)CN)CC3(C)C)ccn1. The first kappa shape index (κ1) is 23.2. The lowest BCUT2D eigenvalue weighted by molar-refractivity contribution is -0.117. The van der Waals surface area contributed by atoms with Crippen LogP contribution in [0, 0.1) is 0 Å². The van der Waals surface area contributed by atoms with Crippen molar-refractivity contribution in [1.29, 1.82) is 0 Å². The zero-order valence-corrected chi connectivity index (χ0v) is 19.5. The minimum Gasteiger partial charge on any atom is -0.481 e. The molecule has 0 spiro atoms. The fourth-order valence-corrected chi connectivity index (χ4v) is 4.09. The number of fused-ring (bicyclic) bond motifs is 1. The van der Waals surface area contributed by atoms with Crippen molar-refractivity contribution in [3.8, 4) is 5.88 Å². The number of carbonyl (C=O) groups excluding carboxylic acids is 2. The van der Waals surface area contributed by atoms with Gasteiger partial charge in [-0.05, 0) is 41.5 Å². The Kier molecular flexibility index (Phi) is 6.47. The molecule has 0 aliphatic carbocycles. The number of ether oxygens (including phenoxy) is 1. The van der Waals surface area contributed by atoms with Gasteiger partial charge in [-0.15, -0.1) is 0 Å². The number of benzene rings is 1. The zero-order chi connectivity index (χ0) is 24.3. The third-order valence-corrected chi connectivity index (χ3v) is 5.83. The molecule has 0 saturated carbocycles. The van der Waals surface area contributed by atoms with E-state index in [1.165, 1.54) is 0 Å². The molecular formula is C25H28N6O3. The summed E-state index contributed by atoms with van der Waals surface area (Å²) in [6.07, 6.45) is 3.29. The van der Waals surface area contributed by atoms with Crippen molar-refractivity contribution in [1.82, 2.24) is 9.97 Å². The summed E-state index contributed by atoms with van der Waals surface area (Å²) in [5, 5.41) is 6.14. The predicted molar refractivity (Wildman–Crippen MR) is 131 cm³/mol. The number of hydrogen-bond donors (Lipinski definition) is 3. The van der Waals surface area contributed by atoms with E-state index in [0.717, 1.165) is 16.8 Å².